The van der Waals surface area contributed by atoms with Crippen LogP contribution in [0.5, 0.6) is 0 Å². The van der Waals surface area contributed by atoms with Gasteiger partial charge in [-0.2, -0.15) is 0 Å². The molecule has 2 aromatic rings. The third-order valence-electron chi connectivity index (χ3n) is 4.44. The van der Waals surface area contributed by atoms with E-state index in [-0.39, 0.29) is 28.1 Å². The Hall–Kier alpha value is -2.57. The maximum atomic E-state index is 13.0. The van der Waals surface area contributed by atoms with Crippen LogP contribution in [-0.4, -0.2) is 24.8 Å². The molecule has 0 radical (unpaired) electrons. The van der Waals surface area contributed by atoms with E-state index in [4.69, 9.17) is 23.2 Å². The van der Waals surface area contributed by atoms with Crippen molar-refractivity contribution in [3.63, 3.8) is 0 Å². The summed E-state index contributed by atoms with van der Waals surface area (Å²) in [5.74, 6) is -1.31. The van der Waals surface area contributed by atoms with Crippen molar-refractivity contribution in [1.29, 1.82) is 0 Å². The van der Waals surface area contributed by atoms with E-state index >= 15 is 0 Å². The van der Waals surface area contributed by atoms with Crippen molar-refractivity contribution in [3.8, 4) is 0 Å². The molecule has 0 aliphatic carbocycles. The minimum Gasteiger partial charge on any atom is -0.338 e. The quantitative estimate of drug-likeness (QED) is 0.818. The van der Waals surface area contributed by atoms with E-state index in [0.29, 0.717) is 11.3 Å². The first-order chi connectivity index (χ1) is 12.8. The van der Waals surface area contributed by atoms with Gasteiger partial charge in [-0.1, -0.05) is 47.5 Å². The Balaban J connectivity index is 1.98. The number of hydrogen-bond donors (Lipinski definition) is 2. The smallest absolute Gasteiger partial charge is 0.257 e. The fourth-order valence-corrected chi connectivity index (χ4v) is 3.81. The van der Waals surface area contributed by atoms with Gasteiger partial charge < -0.3 is 15.5 Å². The van der Waals surface area contributed by atoms with Gasteiger partial charge in [-0.3, -0.25) is 14.4 Å². The maximum absolute atomic E-state index is 13.0. The summed E-state index contributed by atoms with van der Waals surface area (Å²) in [4.78, 5) is 39.1. The van der Waals surface area contributed by atoms with Crippen LogP contribution in [0.25, 0.3) is 0 Å². The van der Waals surface area contributed by atoms with Gasteiger partial charge >= 0.3 is 0 Å². The second kappa shape index (κ2) is 7.21. The molecule has 1 atom stereocenters. The van der Waals surface area contributed by atoms with Crippen LogP contribution in [0, 0.1) is 0 Å². The normalized spacial score (nSPS) is 18.2. The molecular weight excluding hydrogens is 389 g/mol. The van der Waals surface area contributed by atoms with Crippen LogP contribution in [0.4, 0.5) is 11.4 Å². The van der Waals surface area contributed by atoms with Crippen molar-refractivity contribution >= 4 is 52.3 Å². The largest absolute Gasteiger partial charge is 0.338 e. The van der Waals surface area contributed by atoms with E-state index in [1.165, 1.54) is 11.8 Å². The Morgan fingerprint density at radius 1 is 1.07 bits per heavy atom. The van der Waals surface area contributed by atoms with E-state index in [0.717, 1.165) is 0 Å². The lowest BCUT2D eigenvalue weighted by Crippen LogP contribution is -2.53. The van der Waals surface area contributed by atoms with Gasteiger partial charge in [-0.25, -0.2) is 0 Å². The highest BCUT2D eigenvalue weighted by Crippen LogP contribution is 2.42. The average molecular weight is 406 g/mol. The number of carbonyl (C=O) groups excluding carboxylic acids is 3. The minimum absolute atomic E-state index is 0.260. The Morgan fingerprint density at radius 3 is 2.33 bits per heavy atom. The summed E-state index contributed by atoms with van der Waals surface area (Å²) in [5.41, 5.74) is -0.0292. The molecule has 0 bridgehead atoms. The third-order valence-corrected chi connectivity index (χ3v) is 5.07. The number of amides is 3. The number of fused-ring (bicyclic) bond motifs is 1. The summed E-state index contributed by atoms with van der Waals surface area (Å²) in [6.07, 6.45) is -0.297. The first-order valence-corrected chi connectivity index (χ1v) is 8.92. The number of carbonyl (C=O) groups is 3. The fourth-order valence-electron chi connectivity index (χ4n) is 3.32. The zero-order valence-electron chi connectivity index (χ0n) is 14.7. The molecule has 0 aromatic heterocycles. The zero-order chi connectivity index (χ0) is 19.8. The lowest BCUT2D eigenvalue weighted by Gasteiger charge is -2.28. The monoisotopic (exact) mass is 405 g/mol. The van der Waals surface area contributed by atoms with Crippen LogP contribution < -0.4 is 15.5 Å². The summed E-state index contributed by atoms with van der Waals surface area (Å²) in [5, 5.41) is 5.88. The van der Waals surface area contributed by atoms with Gasteiger partial charge in [0.15, 0.2) is 5.54 Å². The van der Waals surface area contributed by atoms with Gasteiger partial charge in [0, 0.05) is 25.2 Å². The minimum atomic E-state index is -1.49. The summed E-state index contributed by atoms with van der Waals surface area (Å²) in [6, 6.07) is 11.9. The highest BCUT2D eigenvalue weighted by molar-refractivity contribution is 6.39. The van der Waals surface area contributed by atoms with Gasteiger partial charge in [0.1, 0.15) is 0 Å². The zero-order valence-corrected chi connectivity index (χ0v) is 16.2. The van der Waals surface area contributed by atoms with E-state index in [9.17, 15) is 14.4 Å². The van der Waals surface area contributed by atoms with E-state index in [1.54, 1.807) is 49.5 Å². The van der Waals surface area contributed by atoms with Gasteiger partial charge in [-0.15, -0.1) is 0 Å². The summed E-state index contributed by atoms with van der Waals surface area (Å²) in [7, 11) is 1.60. The molecular formula is C19H17Cl2N3O3. The first-order valence-electron chi connectivity index (χ1n) is 8.16. The molecule has 140 valence electrons. The van der Waals surface area contributed by atoms with Crippen molar-refractivity contribution in [2.24, 2.45) is 0 Å². The van der Waals surface area contributed by atoms with Crippen molar-refractivity contribution < 1.29 is 14.4 Å². The predicted octanol–water partition coefficient (Wildman–Crippen LogP) is 3.33. The molecule has 27 heavy (non-hydrogen) atoms. The molecule has 1 aliphatic heterocycles. The average Bonchev–Trinajstić information content (AvgIpc) is 2.81. The Bertz CT molecular complexity index is 927. The van der Waals surface area contributed by atoms with Crippen molar-refractivity contribution in [2.75, 3.05) is 17.3 Å². The summed E-state index contributed by atoms with van der Waals surface area (Å²) >= 11 is 12.2. The molecule has 6 nitrogen and oxygen atoms in total. The van der Waals surface area contributed by atoms with E-state index in [1.807, 2.05) is 0 Å². The topological polar surface area (TPSA) is 78.5 Å². The van der Waals surface area contributed by atoms with Crippen LogP contribution in [0.2, 0.25) is 10.0 Å². The number of para-hydroxylation sites is 2. The number of hydrogen-bond acceptors (Lipinski definition) is 3. The molecule has 2 aromatic carbocycles. The number of anilines is 2. The van der Waals surface area contributed by atoms with Crippen LogP contribution in [0.15, 0.2) is 42.5 Å². The number of halogens is 2. The molecule has 1 aliphatic rings. The van der Waals surface area contributed by atoms with Crippen LogP contribution in [0.1, 0.15) is 18.9 Å². The predicted molar refractivity (Wildman–Crippen MR) is 105 cm³/mol. The molecule has 0 saturated carbocycles. The summed E-state index contributed by atoms with van der Waals surface area (Å²) in [6.45, 7) is 1.30. The number of likely N-dealkylation sites (N-methyl/N-ethyl adjacent to an activating group) is 1. The highest BCUT2D eigenvalue weighted by atomic mass is 35.5. The number of benzene rings is 2. The molecule has 0 saturated heterocycles. The third kappa shape index (κ3) is 3.38. The highest BCUT2D eigenvalue weighted by Gasteiger charge is 2.51. The van der Waals surface area contributed by atoms with Gasteiger partial charge in [0.05, 0.1) is 22.2 Å². The summed E-state index contributed by atoms with van der Waals surface area (Å²) < 4.78 is 0. The van der Waals surface area contributed by atoms with Crippen LogP contribution >= 0.6 is 23.2 Å². The molecule has 1 heterocycles. The standard InChI is InChI=1S/C19H17Cl2N3O3/c1-11(25)23-19(12-6-3-4-9-15(12)24(2)18(19)27)10-16(26)22-17-13(20)7-5-8-14(17)21/h3-9H,10H2,1-2H3,(H,22,26)(H,23,25)/t19-/m0/s1. The molecule has 0 fully saturated rings. The number of nitrogens with one attached hydrogen (secondary N) is 2. The lowest BCUT2D eigenvalue weighted by atomic mass is 9.87. The Kier molecular flexibility index (Phi) is 5.13. The van der Waals surface area contributed by atoms with Crippen molar-refractivity contribution in [3.05, 3.63) is 58.1 Å². The second-order valence-electron chi connectivity index (χ2n) is 6.29. The molecule has 8 heteroatoms. The van der Waals surface area contributed by atoms with Gasteiger partial charge in [-0.05, 0) is 18.2 Å². The Morgan fingerprint density at radius 2 is 1.70 bits per heavy atom. The fraction of sp³-hybridized carbons (Fsp3) is 0.211. The SMILES string of the molecule is CC(=O)N[C@]1(CC(=O)Nc2c(Cl)cccc2Cl)C(=O)N(C)c2ccccc21. The molecule has 3 rings (SSSR count). The first kappa shape index (κ1) is 19.2. The molecule has 3 amide bonds. The lowest BCUT2D eigenvalue weighted by molar-refractivity contribution is -0.133. The van der Waals surface area contributed by atoms with Gasteiger partial charge in [0.25, 0.3) is 5.91 Å². The van der Waals surface area contributed by atoms with E-state index < -0.39 is 17.4 Å². The number of nitrogens with zero attached hydrogens (tertiary/aromatic N) is 1. The molecule has 2 N–H and O–H groups in total. The maximum Gasteiger partial charge on any atom is 0.257 e. The van der Waals surface area contributed by atoms with Crippen molar-refractivity contribution in [1.82, 2.24) is 5.32 Å². The van der Waals surface area contributed by atoms with Crippen molar-refractivity contribution in [2.45, 2.75) is 18.9 Å². The van der Waals surface area contributed by atoms with Crippen LogP contribution in [-0.2, 0) is 19.9 Å². The second-order valence-corrected chi connectivity index (χ2v) is 7.10. The van der Waals surface area contributed by atoms with E-state index in [2.05, 4.69) is 10.6 Å². The van der Waals surface area contributed by atoms with Crippen LogP contribution in [0.3, 0.4) is 0 Å². The molecule has 0 spiro atoms. The molecule has 0 unspecified atom stereocenters. The number of rotatable bonds is 4. The van der Waals surface area contributed by atoms with Gasteiger partial charge in [0.2, 0.25) is 11.8 Å². The Labute approximate surface area is 166 Å².